The van der Waals surface area contributed by atoms with E-state index in [4.69, 9.17) is 25.7 Å². The van der Waals surface area contributed by atoms with Crippen molar-refractivity contribution in [3.05, 3.63) is 46.7 Å². The molecule has 5 rings (SSSR count). The molecule has 0 spiro atoms. The number of benzene rings is 1. The number of carbonyl (C=O) groups is 1. The fourth-order valence-electron chi connectivity index (χ4n) is 6.20. The molecule has 2 aromatic heterocycles. The Bertz CT molecular complexity index is 1740. The van der Waals surface area contributed by atoms with E-state index in [1.807, 2.05) is 37.6 Å². The van der Waals surface area contributed by atoms with E-state index in [0.717, 1.165) is 37.2 Å². The van der Waals surface area contributed by atoms with Crippen LogP contribution in [0.2, 0.25) is 23.3 Å². The van der Waals surface area contributed by atoms with Gasteiger partial charge in [0, 0.05) is 49.5 Å². The van der Waals surface area contributed by atoms with Crippen molar-refractivity contribution in [2.75, 3.05) is 43.5 Å². The van der Waals surface area contributed by atoms with E-state index in [1.165, 1.54) is 6.42 Å². The van der Waals surface area contributed by atoms with Gasteiger partial charge in [0.15, 0.2) is 13.5 Å². The topological polar surface area (TPSA) is 121 Å². The summed E-state index contributed by atoms with van der Waals surface area (Å²) in [5.74, 6) is 1.72. The number of likely N-dealkylation sites (tertiary alicyclic amines) is 1. The number of amides is 1. The Kier molecular flexibility index (Phi) is 10.3. The van der Waals surface area contributed by atoms with Crippen LogP contribution in [0.4, 0.5) is 22.2 Å². The average molecular weight is 707 g/mol. The standard InChI is InChI=1S/C36H51ClN8O3Si/c1-34(2,3)48-33(46)44-22-36(7,23-47-49(9,10)35(4,5)6)27-18-25(17-26(20-38)31(27)44)28-11-14-39-32(40-28)41-30-19-29(37)42-45(30)16-13-24-12-15-43(8)21-24/h11,14,17-19,24H,12-13,15-16,21-23H2,1-10H3,(H,39,40,41)/t24?,36-/m1/s1. The fraction of sp³-hybridized carbons (Fsp3) is 0.583. The monoisotopic (exact) mass is 706 g/mol. The van der Waals surface area contributed by atoms with Crippen LogP contribution < -0.4 is 10.2 Å². The zero-order valence-corrected chi connectivity index (χ0v) is 32.4. The summed E-state index contributed by atoms with van der Waals surface area (Å²) < 4.78 is 14.5. The molecule has 1 fully saturated rings. The number of hydrogen-bond acceptors (Lipinski definition) is 9. The van der Waals surface area contributed by atoms with Gasteiger partial charge in [-0.05, 0) is 95.0 Å². The normalized spacial score (nSPS) is 20.0. The van der Waals surface area contributed by atoms with Crippen molar-refractivity contribution in [1.29, 1.82) is 5.26 Å². The second-order valence-corrected chi connectivity index (χ2v) is 21.6. The van der Waals surface area contributed by atoms with Crippen molar-refractivity contribution in [2.24, 2.45) is 5.92 Å². The zero-order valence-electron chi connectivity index (χ0n) is 30.6. The lowest BCUT2D eigenvalue weighted by atomic mass is 9.83. The number of fused-ring (bicyclic) bond motifs is 1. The quantitative estimate of drug-likeness (QED) is 0.221. The summed E-state index contributed by atoms with van der Waals surface area (Å²) in [4.78, 5) is 26.9. The van der Waals surface area contributed by atoms with Crippen LogP contribution in [0, 0.1) is 17.2 Å². The molecule has 0 aliphatic carbocycles. The van der Waals surface area contributed by atoms with Crippen molar-refractivity contribution in [1.82, 2.24) is 24.6 Å². The Hall–Kier alpha value is -3.50. The molecule has 11 nitrogen and oxygen atoms in total. The lowest BCUT2D eigenvalue weighted by Gasteiger charge is -2.39. The van der Waals surface area contributed by atoms with Crippen molar-refractivity contribution >= 4 is 43.5 Å². The molecular formula is C36H51ClN8O3Si. The summed E-state index contributed by atoms with van der Waals surface area (Å²) >= 11 is 6.34. The lowest BCUT2D eigenvalue weighted by Crippen LogP contribution is -2.46. The lowest BCUT2D eigenvalue weighted by molar-refractivity contribution is 0.0575. The van der Waals surface area contributed by atoms with Crippen molar-refractivity contribution < 1.29 is 14.0 Å². The highest BCUT2D eigenvalue weighted by Crippen LogP contribution is 2.47. The third-order valence-corrected chi connectivity index (χ3v) is 14.7. The summed E-state index contributed by atoms with van der Waals surface area (Å²) in [6.45, 7) is 22.3. The van der Waals surface area contributed by atoms with Crippen LogP contribution in [0.15, 0.2) is 30.5 Å². The highest BCUT2D eigenvalue weighted by Gasteiger charge is 2.47. The van der Waals surface area contributed by atoms with E-state index in [2.05, 4.69) is 74.2 Å². The molecule has 1 unspecified atom stereocenters. The minimum Gasteiger partial charge on any atom is -0.443 e. The molecule has 3 aromatic rings. The Balaban J connectivity index is 1.48. The first-order chi connectivity index (χ1) is 22.8. The molecule has 4 heterocycles. The van der Waals surface area contributed by atoms with Crippen LogP contribution in [0.1, 0.15) is 72.4 Å². The number of hydrogen-bond donors (Lipinski definition) is 1. The highest BCUT2D eigenvalue weighted by atomic mass is 35.5. The summed E-state index contributed by atoms with van der Waals surface area (Å²) in [5.41, 5.74) is 1.84. The molecule has 13 heteroatoms. The first-order valence-corrected chi connectivity index (χ1v) is 20.3. The number of ether oxygens (including phenoxy) is 1. The van der Waals surface area contributed by atoms with Gasteiger partial charge in [-0.1, -0.05) is 39.3 Å². The number of rotatable bonds is 9. The molecule has 1 amide bonds. The predicted molar refractivity (Wildman–Crippen MR) is 197 cm³/mol. The van der Waals surface area contributed by atoms with Crippen LogP contribution in [0.25, 0.3) is 11.3 Å². The van der Waals surface area contributed by atoms with E-state index in [9.17, 15) is 10.1 Å². The van der Waals surface area contributed by atoms with E-state index in [1.54, 1.807) is 23.2 Å². The SMILES string of the molecule is CN1CCC(CCn2nc(Cl)cc2Nc2nccc(-c3cc(C#N)c4c(c3)[C@@](C)(CO[Si](C)(C)C(C)(C)C)CN4C(=O)OC(C)(C)C)n2)C1. The fourth-order valence-corrected chi connectivity index (χ4v) is 7.51. The number of nitrogens with zero attached hydrogens (tertiary/aromatic N) is 7. The molecule has 1 saturated heterocycles. The Morgan fingerprint density at radius 3 is 2.57 bits per heavy atom. The second kappa shape index (κ2) is 13.7. The first kappa shape index (κ1) is 36.8. The van der Waals surface area contributed by atoms with Crippen LogP contribution >= 0.6 is 11.6 Å². The molecule has 264 valence electrons. The zero-order chi connectivity index (χ0) is 35.9. The first-order valence-electron chi connectivity index (χ1n) is 17.0. The molecule has 49 heavy (non-hydrogen) atoms. The maximum absolute atomic E-state index is 13.6. The number of nitrogens with one attached hydrogen (secondary N) is 1. The van der Waals surface area contributed by atoms with Crippen LogP contribution in [0.3, 0.4) is 0 Å². The Morgan fingerprint density at radius 2 is 1.94 bits per heavy atom. The van der Waals surface area contributed by atoms with Gasteiger partial charge in [-0.15, -0.1) is 0 Å². The molecule has 2 aliphatic heterocycles. The third-order valence-electron chi connectivity index (χ3n) is 10.0. The van der Waals surface area contributed by atoms with Crippen LogP contribution in [-0.4, -0.2) is 77.9 Å². The predicted octanol–water partition coefficient (Wildman–Crippen LogP) is 7.99. The van der Waals surface area contributed by atoms with E-state index in [-0.39, 0.29) is 5.04 Å². The van der Waals surface area contributed by atoms with Gasteiger partial charge in [0.25, 0.3) is 0 Å². The summed E-state index contributed by atoms with van der Waals surface area (Å²) in [7, 11) is 0.0166. The van der Waals surface area contributed by atoms with Crippen LogP contribution in [-0.2, 0) is 21.1 Å². The maximum atomic E-state index is 13.6. The van der Waals surface area contributed by atoms with Gasteiger partial charge in [-0.25, -0.2) is 19.4 Å². The number of nitriles is 1. The van der Waals surface area contributed by atoms with Gasteiger partial charge < -0.3 is 19.4 Å². The van der Waals surface area contributed by atoms with Crippen molar-refractivity contribution in [3.63, 3.8) is 0 Å². The molecule has 0 bridgehead atoms. The van der Waals surface area contributed by atoms with Gasteiger partial charge in [0.05, 0.1) is 16.9 Å². The van der Waals surface area contributed by atoms with Gasteiger partial charge in [-0.2, -0.15) is 10.4 Å². The van der Waals surface area contributed by atoms with E-state index in [0.29, 0.717) is 52.9 Å². The summed E-state index contributed by atoms with van der Waals surface area (Å²) in [6, 6.07) is 9.76. The van der Waals surface area contributed by atoms with Crippen molar-refractivity contribution in [2.45, 2.75) is 97.0 Å². The number of aromatic nitrogens is 4. The third kappa shape index (κ3) is 8.28. The molecule has 1 aromatic carbocycles. The van der Waals surface area contributed by atoms with Gasteiger partial charge >= 0.3 is 6.09 Å². The summed E-state index contributed by atoms with van der Waals surface area (Å²) in [5, 5.41) is 18.7. The minimum absolute atomic E-state index is 0.00644. The Morgan fingerprint density at radius 1 is 1.20 bits per heavy atom. The number of carbonyl (C=O) groups excluding carboxylic acids is 1. The van der Waals surface area contributed by atoms with Gasteiger partial charge in [-0.3, -0.25) is 4.90 Å². The second-order valence-electron chi connectivity index (χ2n) is 16.4. The largest absolute Gasteiger partial charge is 0.443 e. The number of anilines is 3. The molecule has 1 N–H and O–H groups in total. The number of aryl methyl sites for hydroxylation is 1. The maximum Gasteiger partial charge on any atom is 0.414 e. The molecule has 2 atom stereocenters. The van der Waals surface area contributed by atoms with E-state index >= 15 is 0 Å². The average Bonchev–Trinajstić information content (AvgIpc) is 3.68. The Labute approximate surface area is 297 Å². The number of halogens is 1. The van der Waals surface area contributed by atoms with E-state index < -0.39 is 25.4 Å². The molecule has 2 aliphatic rings. The molecular weight excluding hydrogens is 656 g/mol. The smallest absolute Gasteiger partial charge is 0.414 e. The van der Waals surface area contributed by atoms with Crippen molar-refractivity contribution in [3.8, 4) is 17.3 Å². The van der Waals surface area contributed by atoms with Gasteiger partial charge in [0.2, 0.25) is 5.95 Å². The van der Waals surface area contributed by atoms with Gasteiger partial charge in [0.1, 0.15) is 17.5 Å². The molecule has 0 saturated carbocycles. The highest BCUT2D eigenvalue weighted by molar-refractivity contribution is 6.74. The molecule has 0 radical (unpaired) electrons. The van der Waals surface area contributed by atoms with Crippen LogP contribution in [0.5, 0.6) is 0 Å². The summed E-state index contributed by atoms with van der Waals surface area (Å²) in [6.07, 6.45) is 3.38. The minimum atomic E-state index is -2.14.